The smallest absolute Gasteiger partial charge is 0.106 e. The van der Waals surface area contributed by atoms with Gasteiger partial charge in [0.2, 0.25) is 0 Å². The molecule has 0 fully saturated rings. The number of hydrogen-bond donors (Lipinski definition) is 1. The molecule has 0 saturated heterocycles. The van der Waals surface area contributed by atoms with Crippen molar-refractivity contribution in [3.63, 3.8) is 0 Å². The Morgan fingerprint density at radius 3 is 2.22 bits per heavy atom. The zero-order valence-electron chi connectivity index (χ0n) is 5.75. The lowest BCUT2D eigenvalue weighted by molar-refractivity contribution is 0.214. The lowest BCUT2D eigenvalue weighted by atomic mass is 10.3. The summed E-state index contributed by atoms with van der Waals surface area (Å²) in [5.41, 5.74) is 1.02. The van der Waals surface area contributed by atoms with Crippen LogP contribution in [-0.4, -0.2) is 23.7 Å². The standard InChI is InChI=1S/C5H10N2O2/c1-4(6-8)5(2)7-9-3/h8H,1-3H3/b6-4+,7-5-. The Bertz CT molecular complexity index is 140. The molecule has 0 bridgehead atoms. The van der Waals surface area contributed by atoms with Crippen molar-refractivity contribution in [3.05, 3.63) is 0 Å². The van der Waals surface area contributed by atoms with Crippen LogP contribution in [-0.2, 0) is 4.84 Å². The fourth-order valence-electron chi connectivity index (χ4n) is 0.275. The maximum atomic E-state index is 8.18. The minimum Gasteiger partial charge on any atom is -0.411 e. The van der Waals surface area contributed by atoms with Gasteiger partial charge in [0.15, 0.2) is 0 Å². The van der Waals surface area contributed by atoms with Crippen molar-refractivity contribution in [3.8, 4) is 0 Å². The molecule has 0 unspecified atom stereocenters. The first-order valence-electron chi connectivity index (χ1n) is 2.49. The van der Waals surface area contributed by atoms with Gasteiger partial charge in [0.25, 0.3) is 0 Å². The lowest BCUT2D eigenvalue weighted by Crippen LogP contribution is -2.05. The third-order valence-corrected chi connectivity index (χ3v) is 0.902. The van der Waals surface area contributed by atoms with E-state index < -0.39 is 0 Å². The Morgan fingerprint density at radius 1 is 1.33 bits per heavy atom. The van der Waals surface area contributed by atoms with Crippen molar-refractivity contribution in [1.82, 2.24) is 0 Å². The zero-order valence-corrected chi connectivity index (χ0v) is 5.75. The van der Waals surface area contributed by atoms with Gasteiger partial charge in [0.1, 0.15) is 18.5 Å². The normalized spacial score (nSPS) is 13.7. The first kappa shape index (κ1) is 7.94. The van der Waals surface area contributed by atoms with E-state index in [0.717, 1.165) is 0 Å². The molecule has 0 aliphatic carbocycles. The zero-order chi connectivity index (χ0) is 7.28. The molecule has 1 N–H and O–H groups in total. The summed E-state index contributed by atoms with van der Waals surface area (Å²) < 4.78 is 0. The van der Waals surface area contributed by atoms with Crippen molar-refractivity contribution in [2.45, 2.75) is 13.8 Å². The highest BCUT2D eigenvalue weighted by Crippen LogP contribution is 1.82. The van der Waals surface area contributed by atoms with Crippen LogP contribution in [0.4, 0.5) is 0 Å². The Balaban J connectivity index is 4.03. The van der Waals surface area contributed by atoms with Crippen molar-refractivity contribution in [1.29, 1.82) is 0 Å². The van der Waals surface area contributed by atoms with Crippen LogP contribution in [0.1, 0.15) is 13.8 Å². The lowest BCUT2D eigenvalue weighted by Gasteiger charge is -1.92. The highest BCUT2D eigenvalue weighted by atomic mass is 16.6. The second kappa shape index (κ2) is 3.88. The minimum absolute atomic E-state index is 0.455. The maximum absolute atomic E-state index is 8.18. The van der Waals surface area contributed by atoms with Gasteiger partial charge in [-0.25, -0.2) is 0 Å². The summed E-state index contributed by atoms with van der Waals surface area (Å²) in [6.45, 7) is 3.33. The fraction of sp³-hybridized carbons (Fsp3) is 0.600. The van der Waals surface area contributed by atoms with E-state index in [1.165, 1.54) is 7.11 Å². The Labute approximate surface area is 53.8 Å². The average molecular weight is 130 g/mol. The predicted octanol–water partition coefficient (Wildman–Crippen LogP) is 0.859. The van der Waals surface area contributed by atoms with Gasteiger partial charge in [0, 0.05) is 0 Å². The van der Waals surface area contributed by atoms with Gasteiger partial charge >= 0.3 is 0 Å². The molecule has 0 rings (SSSR count). The summed E-state index contributed by atoms with van der Waals surface area (Å²) in [6, 6.07) is 0. The molecule has 0 aromatic heterocycles. The SMILES string of the molecule is CO/N=C(C)\C(C)=N\O. The van der Waals surface area contributed by atoms with Crippen LogP contribution < -0.4 is 0 Å². The van der Waals surface area contributed by atoms with Crippen molar-refractivity contribution >= 4 is 11.4 Å². The molecular weight excluding hydrogens is 120 g/mol. The molecule has 9 heavy (non-hydrogen) atoms. The Morgan fingerprint density at radius 2 is 1.89 bits per heavy atom. The maximum Gasteiger partial charge on any atom is 0.106 e. The van der Waals surface area contributed by atoms with Crippen LogP contribution in [0.2, 0.25) is 0 Å². The van der Waals surface area contributed by atoms with Gasteiger partial charge in [-0.15, -0.1) is 0 Å². The number of hydrogen-bond acceptors (Lipinski definition) is 4. The molecule has 52 valence electrons. The average Bonchev–Trinajstić information content (AvgIpc) is 1.87. The van der Waals surface area contributed by atoms with Gasteiger partial charge in [-0.1, -0.05) is 10.3 Å². The van der Waals surface area contributed by atoms with Gasteiger partial charge in [-0.05, 0) is 13.8 Å². The molecular formula is C5H10N2O2. The molecule has 0 radical (unpaired) electrons. The van der Waals surface area contributed by atoms with E-state index in [1.54, 1.807) is 13.8 Å². The van der Waals surface area contributed by atoms with E-state index >= 15 is 0 Å². The molecule has 4 heteroatoms. The van der Waals surface area contributed by atoms with Crippen LogP contribution in [0, 0.1) is 0 Å². The number of oxime groups is 2. The van der Waals surface area contributed by atoms with E-state index in [0.29, 0.717) is 11.4 Å². The highest BCUT2D eigenvalue weighted by Gasteiger charge is 1.94. The molecule has 0 aliphatic rings. The quantitative estimate of drug-likeness (QED) is 0.342. The van der Waals surface area contributed by atoms with Crippen LogP contribution >= 0.6 is 0 Å². The first-order valence-corrected chi connectivity index (χ1v) is 2.49. The van der Waals surface area contributed by atoms with Crippen molar-refractivity contribution in [2.24, 2.45) is 10.3 Å². The van der Waals surface area contributed by atoms with Gasteiger partial charge in [0.05, 0.1) is 0 Å². The molecule has 0 saturated carbocycles. The summed E-state index contributed by atoms with van der Waals surface area (Å²) in [6.07, 6.45) is 0. The van der Waals surface area contributed by atoms with E-state index in [4.69, 9.17) is 5.21 Å². The van der Waals surface area contributed by atoms with Gasteiger partial charge in [-0.2, -0.15) is 0 Å². The van der Waals surface area contributed by atoms with Crippen LogP contribution in [0.3, 0.4) is 0 Å². The molecule has 0 aromatic rings. The largest absolute Gasteiger partial charge is 0.411 e. The second-order valence-corrected chi connectivity index (χ2v) is 1.54. The molecule has 0 heterocycles. The summed E-state index contributed by atoms with van der Waals surface area (Å²) in [5, 5.41) is 14.6. The summed E-state index contributed by atoms with van der Waals surface area (Å²) >= 11 is 0. The van der Waals surface area contributed by atoms with E-state index in [2.05, 4.69) is 15.1 Å². The summed E-state index contributed by atoms with van der Waals surface area (Å²) in [5.74, 6) is 0. The minimum atomic E-state index is 0.455. The highest BCUT2D eigenvalue weighted by molar-refractivity contribution is 6.40. The number of nitrogens with zero attached hydrogens (tertiary/aromatic N) is 2. The van der Waals surface area contributed by atoms with E-state index in [-0.39, 0.29) is 0 Å². The van der Waals surface area contributed by atoms with Crippen molar-refractivity contribution in [2.75, 3.05) is 7.11 Å². The topological polar surface area (TPSA) is 54.2 Å². The van der Waals surface area contributed by atoms with Crippen molar-refractivity contribution < 1.29 is 10.0 Å². The molecule has 0 aromatic carbocycles. The van der Waals surface area contributed by atoms with Gasteiger partial charge in [-0.3, -0.25) is 0 Å². The third-order valence-electron chi connectivity index (χ3n) is 0.902. The fourth-order valence-corrected chi connectivity index (χ4v) is 0.275. The summed E-state index contributed by atoms with van der Waals surface area (Å²) in [4.78, 5) is 4.42. The van der Waals surface area contributed by atoms with Crippen LogP contribution in [0.15, 0.2) is 10.3 Å². The van der Waals surface area contributed by atoms with Gasteiger partial charge < -0.3 is 10.0 Å². The first-order chi connectivity index (χ1) is 4.22. The Kier molecular flexibility index (Phi) is 3.43. The number of rotatable bonds is 2. The van der Waals surface area contributed by atoms with Crippen LogP contribution in [0.25, 0.3) is 0 Å². The second-order valence-electron chi connectivity index (χ2n) is 1.54. The predicted molar refractivity (Wildman–Crippen MR) is 35.0 cm³/mol. The van der Waals surface area contributed by atoms with Crippen LogP contribution in [0.5, 0.6) is 0 Å². The van der Waals surface area contributed by atoms with E-state index in [9.17, 15) is 0 Å². The molecule has 0 atom stereocenters. The van der Waals surface area contributed by atoms with E-state index in [1.807, 2.05) is 0 Å². The molecule has 0 amide bonds. The monoisotopic (exact) mass is 130 g/mol. The summed E-state index contributed by atoms with van der Waals surface area (Å²) in [7, 11) is 1.44. The molecule has 4 nitrogen and oxygen atoms in total. The Hall–Kier alpha value is -1.06. The third kappa shape index (κ3) is 2.69. The molecule has 0 aliphatic heterocycles. The molecule has 0 spiro atoms.